The molecule has 0 aliphatic heterocycles. The zero-order valence-corrected chi connectivity index (χ0v) is 12.6. The molecule has 6 nitrogen and oxygen atoms in total. The molecule has 0 aliphatic carbocycles. The van der Waals surface area contributed by atoms with Crippen LogP contribution < -0.4 is 10.9 Å². The van der Waals surface area contributed by atoms with Crippen molar-refractivity contribution < 1.29 is 14.7 Å². The topological polar surface area (TPSA) is 99.3 Å². The minimum atomic E-state index is -1.12. The van der Waals surface area contributed by atoms with Crippen molar-refractivity contribution in [2.45, 2.75) is 20.8 Å². The molecule has 7 heteroatoms. The third-order valence-corrected chi connectivity index (χ3v) is 3.87. The molecule has 2 heterocycles. The highest BCUT2D eigenvalue weighted by Crippen LogP contribution is 2.28. The molecule has 0 radical (unpaired) electrons. The molecule has 0 spiro atoms. The lowest BCUT2D eigenvalue weighted by molar-refractivity contribution is 0.0698. The normalized spacial score (nSPS) is 10.4. The third-order valence-electron chi connectivity index (χ3n) is 2.90. The summed E-state index contributed by atoms with van der Waals surface area (Å²) < 4.78 is 0. The second-order valence-corrected chi connectivity index (χ2v) is 5.95. The summed E-state index contributed by atoms with van der Waals surface area (Å²) >= 11 is 1.16. The van der Waals surface area contributed by atoms with Gasteiger partial charge in [0.15, 0.2) is 0 Å². The van der Waals surface area contributed by atoms with Gasteiger partial charge in [-0.15, -0.1) is 11.3 Å². The summed E-state index contributed by atoms with van der Waals surface area (Å²) in [6, 6.07) is 3.17. The van der Waals surface area contributed by atoms with Crippen molar-refractivity contribution in [3.8, 4) is 0 Å². The Morgan fingerprint density at radius 2 is 1.90 bits per heavy atom. The Labute approximate surface area is 124 Å². The second kappa shape index (κ2) is 5.53. The predicted molar refractivity (Wildman–Crippen MR) is 80.5 cm³/mol. The molecule has 110 valence electrons. The van der Waals surface area contributed by atoms with Gasteiger partial charge < -0.3 is 15.4 Å². The van der Waals surface area contributed by atoms with Crippen molar-refractivity contribution in [3.63, 3.8) is 0 Å². The van der Waals surface area contributed by atoms with Gasteiger partial charge in [-0.25, -0.2) is 4.79 Å². The van der Waals surface area contributed by atoms with Gasteiger partial charge in [0.1, 0.15) is 10.6 Å². The summed E-state index contributed by atoms with van der Waals surface area (Å²) in [6.07, 6.45) is 0. The molecule has 0 unspecified atom stereocenters. The fraction of sp³-hybridized carbons (Fsp3) is 0.214. The van der Waals surface area contributed by atoms with E-state index in [9.17, 15) is 14.4 Å². The van der Waals surface area contributed by atoms with Crippen LogP contribution in [0.1, 0.15) is 36.9 Å². The highest BCUT2D eigenvalue weighted by Gasteiger charge is 2.19. The van der Waals surface area contributed by atoms with Gasteiger partial charge in [-0.3, -0.25) is 9.59 Å². The van der Waals surface area contributed by atoms with Crippen LogP contribution in [0.15, 0.2) is 16.9 Å². The molecule has 0 aliphatic rings. The molecule has 0 saturated heterocycles. The van der Waals surface area contributed by atoms with Crippen LogP contribution in [-0.2, 0) is 0 Å². The van der Waals surface area contributed by atoms with Crippen LogP contribution in [0.3, 0.4) is 0 Å². The van der Waals surface area contributed by atoms with Crippen molar-refractivity contribution in [1.29, 1.82) is 0 Å². The van der Waals surface area contributed by atoms with Gasteiger partial charge in [0.25, 0.3) is 11.5 Å². The number of hydrogen-bond acceptors (Lipinski definition) is 4. The lowest BCUT2D eigenvalue weighted by Crippen LogP contribution is -2.25. The van der Waals surface area contributed by atoms with E-state index < -0.39 is 17.4 Å². The van der Waals surface area contributed by atoms with Crippen molar-refractivity contribution in [2.75, 3.05) is 5.32 Å². The number of aromatic carboxylic acids is 1. The largest absolute Gasteiger partial charge is 0.478 e. The van der Waals surface area contributed by atoms with Crippen LogP contribution in [0.2, 0.25) is 0 Å². The number of H-pyrrole nitrogens is 1. The lowest BCUT2D eigenvalue weighted by atomic mass is 10.1. The zero-order valence-electron chi connectivity index (χ0n) is 11.7. The van der Waals surface area contributed by atoms with Crippen LogP contribution in [0, 0.1) is 20.8 Å². The Balaban J connectivity index is 2.40. The summed E-state index contributed by atoms with van der Waals surface area (Å²) in [6.45, 7) is 5.13. The number of nitrogens with one attached hydrogen (secondary N) is 2. The number of aromatic nitrogens is 1. The standard InChI is InChI=1S/C14H14N2O4S/c1-6-4-7(2)15-11(17)10(6)12(18)16-13-9(14(19)20)5-8(3)21-13/h4-5H,1-3H3,(H,15,17)(H,16,18)(H,19,20). The highest BCUT2D eigenvalue weighted by atomic mass is 32.1. The molecule has 0 bridgehead atoms. The first-order valence-electron chi connectivity index (χ1n) is 6.15. The highest BCUT2D eigenvalue weighted by molar-refractivity contribution is 7.16. The first kappa shape index (κ1) is 15.0. The Morgan fingerprint density at radius 3 is 2.48 bits per heavy atom. The van der Waals surface area contributed by atoms with E-state index in [1.165, 1.54) is 6.07 Å². The lowest BCUT2D eigenvalue weighted by Gasteiger charge is -2.07. The molecule has 0 saturated carbocycles. The van der Waals surface area contributed by atoms with Crippen molar-refractivity contribution >= 4 is 28.2 Å². The van der Waals surface area contributed by atoms with Crippen LogP contribution in [-0.4, -0.2) is 22.0 Å². The smallest absolute Gasteiger partial charge is 0.338 e. The average Bonchev–Trinajstić information content (AvgIpc) is 2.68. The van der Waals surface area contributed by atoms with Gasteiger partial charge in [-0.05, 0) is 38.5 Å². The number of carboxylic acid groups (broad SMARTS) is 1. The van der Waals surface area contributed by atoms with E-state index in [4.69, 9.17) is 5.11 Å². The minimum absolute atomic E-state index is 0.0111. The van der Waals surface area contributed by atoms with E-state index >= 15 is 0 Å². The molecule has 3 N–H and O–H groups in total. The summed E-state index contributed by atoms with van der Waals surface area (Å²) in [7, 11) is 0. The Hall–Kier alpha value is -2.41. The molecule has 1 amide bonds. The summed E-state index contributed by atoms with van der Waals surface area (Å²) in [5, 5.41) is 11.8. The number of amides is 1. The fourth-order valence-corrected chi connectivity index (χ4v) is 2.97. The Kier molecular flexibility index (Phi) is 3.95. The van der Waals surface area contributed by atoms with Crippen LogP contribution in [0.25, 0.3) is 0 Å². The number of thiophene rings is 1. The number of rotatable bonds is 3. The van der Waals surface area contributed by atoms with Crippen LogP contribution in [0.4, 0.5) is 5.00 Å². The molecule has 21 heavy (non-hydrogen) atoms. The van der Waals surface area contributed by atoms with Gasteiger partial charge in [-0.1, -0.05) is 0 Å². The number of aromatic amines is 1. The van der Waals surface area contributed by atoms with Gasteiger partial charge >= 0.3 is 5.97 Å². The van der Waals surface area contributed by atoms with Crippen LogP contribution >= 0.6 is 11.3 Å². The van der Waals surface area contributed by atoms with E-state index in [0.717, 1.165) is 16.2 Å². The third kappa shape index (κ3) is 3.03. The number of aryl methyl sites for hydroxylation is 3. The van der Waals surface area contributed by atoms with E-state index in [-0.39, 0.29) is 16.1 Å². The van der Waals surface area contributed by atoms with Gasteiger partial charge in [0.2, 0.25) is 0 Å². The number of hydrogen-bond donors (Lipinski definition) is 3. The number of carboxylic acids is 1. The van der Waals surface area contributed by atoms with Crippen LogP contribution in [0.5, 0.6) is 0 Å². The monoisotopic (exact) mass is 306 g/mol. The maximum atomic E-state index is 12.2. The summed E-state index contributed by atoms with van der Waals surface area (Å²) in [4.78, 5) is 38.6. The first-order chi connectivity index (χ1) is 9.79. The molecule has 0 aromatic carbocycles. The Bertz CT molecular complexity index is 789. The molecule has 2 aromatic heterocycles. The number of anilines is 1. The minimum Gasteiger partial charge on any atom is -0.478 e. The Morgan fingerprint density at radius 1 is 1.24 bits per heavy atom. The molecule has 0 atom stereocenters. The molecule has 2 rings (SSSR count). The predicted octanol–water partition coefficient (Wildman–Crippen LogP) is 2.31. The van der Waals surface area contributed by atoms with Crippen molar-refractivity contribution in [2.24, 2.45) is 0 Å². The molecule has 0 fully saturated rings. The zero-order chi connectivity index (χ0) is 15.7. The number of carbonyl (C=O) groups excluding carboxylic acids is 1. The van der Waals surface area contributed by atoms with Gasteiger partial charge in [0.05, 0.1) is 5.56 Å². The molecular formula is C14H14N2O4S. The second-order valence-electron chi connectivity index (χ2n) is 4.70. The maximum Gasteiger partial charge on any atom is 0.338 e. The van der Waals surface area contributed by atoms with E-state index in [0.29, 0.717) is 11.3 Å². The average molecular weight is 306 g/mol. The van der Waals surface area contributed by atoms with Gasteiger partial charge in [-0.2, -0.15) is 0 Å². The SMILES string of the molecule is Cc1cc(C)c(C(=O)Nc2sc(C)cc2C(=O)O)c(=O)[nH]1. The number of pyridine rings is 1. The van der Waals surface area contributed by atoms with E-state index in [1.807, 2.05) is 0 Å². The summed E-state index contributed by atoms with van der Waals surface area (Å²) in [5.41, 5.74) is 0.719. The van der Waals surface area contributed by atoms with Crippen molar-refractivity contribution in [1.82, 2.24) is 4.98 Å². The number of carbonyl (C=O) groups is 2. The van der Waals surface area contributed by atoms with Crippen molar-refractivity contribution in [3.05, 3.63) is 49.7 Å². The van der Waals surface area contributed by atoms with Gasteiger partial charge in [0, 0.05) is 10.6 Å². The first-order valence-corrected chi connectivity index (χ1v) is 6.97. The summed E-state index contributed by atoms with van der Waals surface area (Å²) in [5.74, 6) is -1.73. The molecule has 2 aromatic rings. The quantitative estimate of drug-likeness (QED) is 0.810. The van der Waals surface area contributed by atoms with E-state index in [1.54, 1.807) is 26.8 Å². The van der Waals surface area contributed by atoms with E-state index in [2.05, 4.69) is 10.3 Å². The fourth-order valence-electron chi connectivity index (χ4n) is 2.07. The molecular weight excluding hydrogens is 292 g/mol. The maximum absolute atomic E-state index is 12.2.